The highest BCUT2D eigenvalue weighted by Crippen LogP contribution is 2.37. The zero-order valence-electron chi connectivity index (χ0n) is 14.9. The zero-order valence-corrected chi connectivity index (χ0v) is 14.9. The molecule has 0 unspecified atom stereocenters. The predicted octanol–water partition coefficient (Wildman–Crippen LogP) is 2.37. The molecule has 2 aliphatic rings. The molecule has 0 bridgehead atoms. The highest BCUT2D eigenvalue weighted by Gasteiger charge is 2.36. The Morgan fingerprint density at radius 3 is 2.88 bits per heavy atom. The van der Waals surface area contributed by atoms with Gasteiger partial charge in [-0.2, -0.15) is 0 Å². The van der Waals surface area contributed by atoms with Gasteiger partial charge in [0.05, 0.1) is 23.8 Å². The molecule has 0 radical (unpaired) electrons. The Balaban J connectivity index is 1.71. The molecular formula is C18H25N3O4. The van der Waals surface area contributed by atoms with E-state index in [2.05, 4.69) is 10.6 Å². The Morgan fingerprint density at radius 1 is 1.36 bits per heavy atom. The van der Waals surface area contributed by atoms with Gasteiger partial charge in [0.2, 0.25) is 5.91 Å². The summed E-state index contributed by atoms with van der Waals surface area (Å²) in [5.41, 5.74) is 0.657. The molecule has 0 aromatic heterocycles. The van der Waals surface area contributed by atoms with Crippen LogP contribution < -0.4 is 20.3 Å². The first-order valence-electron chi connectivity index (χ1n) is 8.57. The minimum atomic E-state index is -0.598. The Kier molecular flexibility index (Phi) is 4.85. The molecule has 1 aromatic carbocycles. The van der Waals surface area contributed by atoms with Crippen LogP contribution in [0, 0.1) is 5.41 Å². The van der Waals surface area contributed by atoms with Crippen molar-refractivity contribution in [2.24, 2.45) is 5.41 Å². The molecular weight excluding hydrogens is 322 g/mol. The fourth-order valence-electron chi connectivity index (χ4n) is 3.07. The third-order valence-corrected chi connectivity index (χ3v) is 4.55. The molecule has 1 aromatic rings. The quantitative estimate of drug-likeness (QED) is 0.861. The van der Waals surface area contributed by atoms with E-state index in [4.69, 9.17) is 9.47 Å². The van der Waals surface area contributed by atoms with Crippen molar-refractivity contribution in [2.45, 2.75) is 32.7 Å². The topological polar surface area (TPSA) is 79.9 Å². The van der Waals surface area contributed by atoms with Crippen LogP contribution in [0.4, 0.5) is 16.2 Å². The third kappa shape index (κ3) is 3.87. The van der Waals surface area contributed by atoms with E-state index >= 15 is 0 Å². The Hall–Kier alpha value is -2.28. The standard InChI is InChI=1S/C18H25N3O4/c1-18(2)11-25-15-7-6-12(9-14(15)21(3)16(18)22)19-17(23)20-13-5-4-8-24-10-13/h6-7,9,13H,4-5,8,10-11H2,1-3H3,(H2,19,20,23)/t13-/m0/s1. The van der Waals surface area contributed by atoms with Gasteiger partial charge in [-0.25, -0.2) is 4.79 Å². The molecule has 0 saturated carbocycles. The second-order valence-electron chi connectivity index (χ2n) is 7.23. The van der Waals surface area contributed by atoms with Crippen LogP contribution in [-0.2, 0) is 9.53 Å². The largest absolute Gasteiger partial charge is 0.490 e. The second kappa shape index (κ2) is 6.92. The number of rotatable bonds is 2. The fourth-order valence-corrected chi connectivity index (χ4v) is 3.07. The first kappa shape index (κ1) is 17.5. The number of benzene rings is 1. The molecule has 1 fully saturated rings. The average Bonchev–Trinajstić information content (AvgIpc) is 2.67. The van der Waals surface area contributed by atoms with Gasteiger partial charge in [-0.05, 0) is 44.9 Å². The lowest BCUT2D eigenvalue weighted by Gasteiger charge is -2.25. The van der Waals surface area contributed by atoms with Gasteiger partial charge < -0.3 is 25.0 Å². The van der Waals surface area contributed by atoms with E-state index in [1.165, 1.54) is 0 Å². The molecule has 1 atom stereocenters. The molecule has 2 N–H and O–H groups in total. The number of nitrogens with one attached hydrogen (secondary N) is 2. The molecule has 7 heteroatoms. The van der Waals surface area contributed by atoms with Crippen LogP contribution in [0.1, 0.15) is 26.7 Å². The van der Waals surface area contributed by atoms with Crippen LogP contribution >= 0.6 is 0 Å². The van der Waals surface area contributed by atoms with Gasteiger partial charge >= 0.3 is 6.03 Å². The molecule has 0 spiro atoms. The number of carbonyl (C=O) groups is 2. The van der Waals surface area contributed by atoms with Crippen LogP contribution in [-0.4, -0.2) is 44.8 Å². The number of carbonyl (C=O) groups excluding carboxylic acids is 2. The summed E-state index contributed by atoms with van der Waals surface area (Å²) in [7, 11) is 1.72. The highest BCUT2D eigenvalue weighted by atomic mass is 16.5. The van der Waals surface area contributed by atoms with Crippen molar-refractivity contribution < 1.29 is 19.1 Å². The summed E-state index contributed by atoms with van der Waals surface area (Å²) in [4.78, 5) is 26.3. The van der Waals surface area contributed by atoms with E-state index in [1.807, 2.05) is 13.8 Å². The summed E-state index contributed by atoms with van der Waals surface area (Å²) in [5.74, 6) is 0.611. The number of fused-ring (bicyclic) bond motifs is 1. The number of anilines is 2. The Labute approximate surface area is 147 Å². The van der Waals surface area contributed by atoms with Crippen molar-refractivity contribution in [1.82, 2.24) is 5.32 Å². The second-order valence-corrected chi connectivity index (χ2v) is 7.23. The summed E-state index contributed by atoms with van der Waals surface area (Å²) in [6.45, 7) is 5.32. The van der Waals surface area contributed by atoms with Crippen molar-refractivity contribution in [3.8, 4) is 5.75 Å². The van der Waals surface area contributed by atoms with Gasteiger partial charge in [0, 0.05) is 19.3 Å². The molecule has 2 aliphatic heterocycles. The molecule has 0 aliphatic carbocycles. The fraction of sp³-hybridized carbons (Fsp3) is 0.556. The number of hydrogen-bond donors (Lipinski definition) is 2. The normalized spacial score (nSPS) is 22.4. The van der Waals surface area contributed by atoms with Crippen LogP contribution in [0.25, 0.3) is 0 Å². The van der Waals surface area contributed by atoms with Gasteiger partial charge in [0.15, 0.2) is 0 Å². The van der Waals surface area contributed by atoms with Crippen LogP contribution in [0.15, 0.2) is 18.2 Å². The number of urea groups is 1. The lowest BCUT2D eigenvalue weighted by Crippen LogP contribution is -2.42. The van der Waals surface area contributed by atoms with Crippen molar-refractivity contribution >= 4 is 23.3 Å². The van der Waals surface area contributed by atoms with Gasteiger partial charge in [0.25, 0.3) is 0 Å². The van der Waals surface area contributed by atoms with Crippen LogP contribution in [0.3, 0.4) is 0 Å². The number of ether oxygens (including phenoxy) is 2. The molecule has 1 saturated heterocycles. The summed E-state index contributed by atoms with van der Waals surface area (Å²) < 4.78 is 11.1. The number of hydrogen-bond acceptors (Lipinski definition) is 4. The van der Waals surface area contributed by atoms with Crippen LogP contribution in [0.5, 0.6) is 5.75 Å². The third-order valence-electron chi connectivity index (χ3n) is 4.55. The lowest BCUT2D eigenvalue weighted by atomic mass is 9.93. The summed E-state index contributed by atoms with van der Waals surface area (Å²) >= 11 is 0. The number of nitrogens with zero attached hydrogens (tertiary/aromatic N) is 1. The van der Waals surface area contributed by atoms with E-state index in [-0.39, 0.29) is 18.0 Å². The van der Waals surface area contributed by atoms with Crippen molar-refractivity contribution in [3.63, 3.8) is 0 Å². The van der Waals surface area contributed by atoms with E-state index in [9.17, 15) is 9.59 Å². The minimum absolute atomic E-state index is 0.0211. The molecule has 25 heavy (non-hydrogen) atoms. The van der Waals surface area contributed by atoms with E-state index in [0.717, 1.165) is 19.4 Å². The van der Waals surface area contributed by atoms with Crippen molar-refractivity contribution in [1.29, 1.82) is 0 Å². The SMILES string of the molecule is CN1C(=O)C(C)(C)COc2ccc(NC(=O)N[C@H]3CCCOC3)cc21. The predicted molar refractivity (Wildman–Crippen MR) is 95.1 cm³/mol. The molecule has 136 valence electrons. The summed E-state index contributed by atoms with van der Waals surface area (Å²) in [6.07, 6.45) is 1.86. The Bertz CT molecular complexity index is 668. The summed E-state index contributed by atoms with van der Waals surface area (Å²) in [5, 5.41) is 5.72. The van der Waals surface area contributed by atoms with E-state index < -0.39 is 5.41 Å². The van der Waals surface area contributed by atoms with Crippen molar-refractivity contribution in [2.75, 3.05) is 37.1 Å². The monoisotopic (exact) mass is 347 g/mol. The lowest BCUT2D eigenvalue weighted by molar-refractivity contribution is -0.127. The maximum absolute atomic E-state index is 12.6. The highest BCUT2D eigenvalue weighted by molar-refractivity contribution is 6.00. The minimum Gasteiger partial charge on any atom is -0.490 e. The molecule has 7 nitrogen and oxygen atoms in total. The molecule has 2 heterocycles. The van der Waals surface area contributed by atoms with E-state index in [1.54, 1.807) is 30.1 Å². The van der Waals surface area contributed by atoms with Gasteiger partial charge in [-0.3, -0.25) is 4.79 Å². The maximum atomic E-state index is 12.6. The smallest absolute Gasteiger partial charge is 0.319 e. The molecule has 3 rings (SSSR count). The van der Waals surface area contributed by atoms with E-state index in [0.29, 0.717) is 30.3 Å². The number of amides is 3. The average molecular weight is 347 g/mol. The summed E-state index contributed by atoms with van der Waals surface area (Å²) in [6, 6.07) is 5.06. The maximum Gasteiger partial charge on any atom is 0.319 e. The van der Waals surface area contributed by atoms with Crippen LogP contribution in [0.2, 0.25) is 0 Å². The van der Waals surface area contributed by atoms with Gasteiger partial charge in [-0.1, -0.05) is 0 Å². The van der Waals surface area contributed by atoms with Gasteiger partial charge in [0.1, 0.15) is 12.4 Å². The first-order chi connectivity index (χ1) is 11.9. The molecule has 3 amide bonds. The Morgan fingerprint density at radius 2 is 2.16 bits per heavy atom. The van der Waals surface area contributed by atoms with Gasteiger partial charge in [-0.15, -0.1) is 0 Å². The first-order valence-corrected chi connectivity index (χ1v) is 8.57. The van der Waals surface area contributed by atoms with Crippen molar-refractivity contribution in [3.05, 3.63) is 18.2 Å². The zero-order chi connectivity index (χ0) is 18.0.